The van der Waals surface area contributed by atoms with Crippen LogP contribution in [-0.2, 0) is 13.1 Å². The third-order valence-corrected chi connectivity index (χ3v) is 2.26. The third-order valence-electron chi connectivity index (χ3n) is 2.26. The Morgan fingerprint density at radius 1 is 1.33 bits per heavy atom. The first-order valence-electron chi connectivity index (χ1n) is 4.86. The Labute approximate surface area is 88.3 Å². The van der Waals surface area contributed by atoms with Gasteiger partial charge in [-0.25, -0.2) is 0 Å². The second kappa shape index (κ2) is 4.70. The number of aromatic nitrogens is 2. The molecule has 2 aromatic rings. The van der Waals surface area contributed by atoms with Crippen molar-refractivity contribution >= 4 is 0 Å². The molecule has 0 bridgehead atoms. The summed E-state index contributed by atoms with van der Waals surface area (Å²) in [5.74, 6) is 0. The SMILES string of the molecule is Cc1ccncc1CNCc1ccon1. The zero-order chi connectivity index (χ0) is 10.5. The summed E-state index contributed by atoms with van der Waals surface area (Å²) >= 11 is 0. The van der Waals surface area contributed by atoms with Gasteiger partial charge in [0.25, 0.3) is 0 Å². The number of pyridine rings is 1. The summed E-state index contributed by atoms with van der Waals surface area (Å²) in [6.07, 6.45) is 5.26. The molecule has 0 spiro atoms. The van der Waals surface area contributed by atoms with Gasteiger partial charge >= 0.3 is 0 Å². The van der Waals surface area contributed by atoms with Crippen molar-refractivity contribution in [1.82, 2.24) is 15.5 Å². The minimum atomic E-state index is 0.713. The maximum atomic E-state index is 4.74. The average Bonchev–Trinajstić information content (AvgIpc) is 2.74. The lowest BCUT2D eigenvalue weighted by Crippen LogP contribution is -2.13. The number of hydrogen-bond donors (Lipinski definition) is 1. The second-order valence-electron chi connectivity index (χ2n) is 3.40. The maximum Gasteiger partial charge on any atom is 0.124 e. The van der Waals surface area contributed by atoms with Crippen molar-refractivity contribution in [3.05, 3.63) is 47.6 Å². The van der Waals surface area contributed by atoms with Gasteiger partial charge in [0.2, 0.25) is 0 Å². The minimum absolute atomic E-state index is 0.713. The number of hydrogen-bond acceptors (Lipinski definition) is 4. The van der Waals surface area contributed by atoms with Gasteiger partial charge in [-0.3, -0.25) is 4.98 Å². The van der Waals surface area contributed by atoms with Crippen LogP contribution in [0.15, 0.2) is 35.3 Å². The fourth-order valence-corrected chi connectivity index (χ4v) is 1.34. The minimum Gasteiger partial charge on any atom is -0.364 e. The van der Waals surface area contributed by atoms with Crippen molar-refractivity contribution in [3.63, 3.8) is 0 Å². The topological polar surface area (TPSA) is 51.0 Å². The highest BCUT2D eigenvalue weighted by Gasteiger charge is 1.98. The van der Waals surface area contributed by atoms with Crippen LogP contribution in [0.4, 0.5) is 0 Å². The van der Waals surface area contributed by atoms with Gasteiger partial charge in [0.1, 0.15) is 6.26 Å². The Balaban J connectivity index is 1.86. The molecular formula is C11H13N3O. The Morgan fingerprint density at radius 3 is 3.00 bits per heavy atom. The van der Waals surface area contributed by atoms with Gasteiger partial charge in [0.05, 0.1) is 5.69 Å². The van der Waals surface area contributed by atoms with E-state index >= 15 is 0 Å². The smallest absolute Gasteiger partial charge is 0.124 e. The molecule has 1 N–H and O–H groups in total. The van der Waals surface area contributed by atoms with E-state index in [4.69, 9.17) is 4.52 Å². The molecule has 0 unspecified atom stereocenters. The van der Waals surface area contributed by atoms with Crippen molar-refractivity contribution in [3.8, 4) is 0 Å². The monoisotopic (exact) mass is 203 g/mol. The van der Waals surface area contributed by atoms with E-state index in [2.05, 4.69) is 22.4 Å². The van der Waals surface area contributed by atoms with E-state index in [-0.39, 0.29) is 0 Å². The van der Waals surface area contributed by atoms with Crippen LogP contribution >= 0.6 is 0 Å². The zero-order valence-corrected chi connectivity index (χ0v) is 8.60. The molecule has 15 heavy (non-hydrogen) atoms. The number of nitrogens with zero attached hydrogens (tertiary/aromatic N) is 2. The average molecular weight is 203 g/mol. The third kappa shape index (κ3) is 2.63. The summed E-state index contributed by atoms with van der Waals surface area (Å²) in [5.41, 5.74) is 3.37. The highest BCUT2D eigenvalue weighted by Crippen LogP contribution is 2.04. The van der Waals surface area contributed by atoms with Gasteiger partial charge in [0, 0.05) is 31.5 Å². The van der Waals surface area contributed by atoms with Crippen molar-refractivity contribution in [2.24, 2.45) is 0 Å². The Bertz CT molecular complexity index is 412. The summed E-state index contributed by atoms with van der Waals surface area (Å²) in [4.78, 5) is 4.09. The normalized spacial score (nSPS) is 10.5. The molecule has 0 saturated carbocycles. The molecule has 0 aromatic carbocycles. The maximum absolute atomic E-state index is 4.74. The molecule has 0 aliphatic rings. The lowest BCUT2D eigenvalue weighted by atomic mass is 10.1. The first-order valence-corrected chi connectivity index (χ1v) is 4.86. The Kier molecular flexibility index (Phi) is 3.09. The van der Waals surface area contributed by atoms with Gasteiger partial charge in [-0.2, -0.15) is 0 Å². The van der Waals surface area contributed by atoms with Crippen LogP contribution in [0, 0.1) is 6.92 Å². The fourth-order valence-electron chi connectivity index (χ4n) is 1.34. The van der Waals surface area contributed by atoms with Crippen molar-refractivity contribution < 1.29 is 4.52 Å². The van der Waals surface area contributed by atoms with Gasteiger partial charge in [-0.15, -0.1) is 0 Å². The molecular weight excluding hydrogens is 190 g/mol. The second-order valence-corrected chi connectivity index (χ2v) is 3.40. The van der Waals surface area contributed by atoms with Crippen LogP contribution in [0.1, 0.15) is 16.8 Å². The molecule has 2 rings (SSSR count). The van der Waals surface area contributed by atoms with Crippen LogP contribution in [0.2, 0.25) is 0 Å². The highest BCUT2D eigenvalue weighted by molar-refractivity contribution is 5.21. The molecule has 0 atom stereocenters. The lowest BCUT2D eigenvalue weighted by Gasteiger charge is -2.04. The van der Waals surface area contributed by atoms with Gasteiger partial charge in [0.15, 0.2) is 0 Å². The fraction of sp³-hybridized carbons (Fsp3) is 0.273. The van der Waals surface area contributed by atoms with Crippen LogP contribution < -0.4 is 5.32 Å². The number of nitrogens with one attached hydrogen (secondary N) is 1. The first-order chi connectivity index (χ1) is 7.36. The molecule has 2 heterocycles. The summed E-state index contributed by atoms with van der Waals surface area (Å²) in [6.45, 7) is 3.59. The molecule has 4 heteroatoms. The van der Waals surface area contributed by atoms with E-state index in [1.165, 1.54) is 11.1 Å². The molecule has 4 nitrogen and oxygen atoms in total. The Morgan fingerprint density at radius 2 is 2.27 bits per heavy atom. The lowest BCUT2D eigenvalue weighted by molar-refractivity contribution is 0.408. The van der Waals surface area contributed by atoms with E-state index in [0.717, 1.165) is 12.2 Å². The molecule has 78 valence electrons. The van der Waals surface area contributed by atoms with Gasteiger partial charge in [-0.05, 0) is 24.1 Å². The van der Waals surface area contributed by atoms with Crippen molar-refractivity contribution in [2.45, 2.75) is 20.0 Å². The highest BCUT2D eigenvalue weighted by atomic mass is 16.5. The predicted molar refractivity (Wildman–Crippen MR) is 56.0 cm³/mol. The predicted octanol–water partition coefficient (Wildman–Crippen LogP) is 1.67. The summed E-state index contributed by atoms with van der Waals surface area (Å²) in [6, 6.07) is 3.86. The number of aryl methyl sites for hydroxylation is 1. The number of rotatable bonds is 4. The van der Waals surface area contributed by atoms with E-state index in [0.29, 0.717) is 6.54 Å². The van der Waals surface area contributed by atoms with E-state index < -0.39 is 0 Å². The van der Waals surface area contributed by atoms with E-state index in [1.54, 1.807) is 12.5 Å². The van der Waals surface area contributed by atoms with Crippen LogP contribution in [-0.4, -0.2) is 10.1 Å². The van der Waals surface area contributed by atoms with Crippen molar-refractivity contribution in [2.75, 3.05) is 0 Å². The van der Waals surface area contributed by atoms with Crippen LogP contribution in [0.5, 0.6) is 0 Å². The quantitative estimate of drug-likeness (QED) is 0.821. The summed E-state index contributed by atoms with van der Waals surface area (Å²) in [7, 11) is 0. The summed E-state index contributed by atoms with van der Waals surface area (Å²) in [5, 5.41) is 7.10. The Hall–Kier alpha value is -1.68. The largest absolute Gasteiger partial charge is 0.364 e. The van der Waals surface area contributed by atoms with Crippen LogP contribution in [0.3, 0.4) is 0 Å². The molecule has 0 fully saturated rings. The summed E-state index contributed by atoms with van der Waals surface area (Å²) < 4.78 is 4.74. The molecule has 0 amide bonds. The van der Waals surface area contributed by atoms with Crippen molar-refractivity contribution in [1.29, 1.82) is 0 Å². The van der Waals surface area contributed by atoms with Crippen LogP contribution in [0.25, 0.3) is 0 Å². The van der Waals surface area contributed by atoms with Gasteiger partial charge < -0.3 is 9.84 Å². The molecule has 0 saturated heterocycles. The molecule has 2 aromatic heterocycles. The van der Waals surface area contributed by atoms with Gasteiger partial charge in [-0.1, -0.05) is 5.16 Å². The molecule has 0 aliphatic heterocycles. The first kappa shape index (κ1) is 9.86. The standard InChI is InChI=1S/C11H13N3O/c1-9-2-4-12-6-10(9)7-13-8-11-3-5-15-14-11/h2-6,13H,7-8H2,1H3. The molecule has 0 radical (unpaired) electrons. The van der Waals surface area contributed by atoms with E-state index in [9.17, 15) is 0 Å². The zero-order valence-electron chi connectivity index (χ0n) is 8.60. The van der Waals surface area contributed by atoms with E-state index in [1.807, 2.05) is 18.3 Å². The molecule has 0 aliphatic carbocycles.